The molecule has 0 aromatic carbocycles. The van der Waals surface area contributed by atoms with Crippen LogP contribution in [0, 0.1) is 0 Å². The van der Waals surface area contributed by atoms with Gasteiger partial charge in [0, 0.05) is 6.42 Å². The fourth-order valence-electron chi connectivity index (χ4n) is 9.53. The monoisotopic (exact) mass is 962 g/mol. The van der Waals surface area contributed by atoms with Crippen LogP contribution in [0.1, 0.15) is 239 Å². The van der Waals surface area contributed by atoms with Gasteiger partial charge < -0.3 is 65.1 Å². The highest BCUT2D eigenvalue weighted by atomic mass is 16.7. The number of aliphatic hydroxyl groups is 8. The van der Waals surface area contributed by atoms with Crippen LogP contribution in [0.4, 0.5) is 0 Å². The zero-order chi connectivity index (χ0) is 48.9. The van der Waals surface area contributed by atoms with Crippen LogP contribution in [-0.4, -0.2) is 140 Å². The first-order chi connectivity index (χ1) is 32.6. The van der Waals surface area contributed by atoms with E-state index in [0.717, 1.165) is 51.4 Å². The van der Waals surface area contributed by atoms with Crippen LogP contribution in [0.25, 0.3) is 0 Å². The average molecular weight is 962 g/mol. The minimum Gasteiger partial charge on any atom is -0.394 e. The summed E-state index contributed by atoms with van der Waals surface area (Å²) in [5.41, 5.74) is 0. The highest BCUT2D eigenvalue weighted by molar-refractivity contribution is 5.76. The van der Waals surface area contributed by atoms with Crippen LogP contribution >= 0.6 is 0 Å². The molecule has 0 aromatic rings. The molecule has 2 saturated heterocycles. The number of hydrogen-bond donors (Lipinski definition) is 9. The van der Waals surface area contributed by atoms with Crippen molar-refractivity contribution in [2.75, 3.05) is 19.8 Å². The van der Waals surface area contributed by atoms with Gasteiger partial charge in [-0.3, -0.25) is 4.79 Å². The summed E-state index contributed by atoms with van der Waals surface area (Å²) in [6, 6.07) is -0.821. The third-order valence-corrected chi connectivity index (χ3v) is 14.1. The number of ether oxygens (including phenoxy) is 4. The Morgan fingerprint density at radius 3 is 1.27 bits per heavy atom. The van der Waals surface area contributed by atoms with Crippen LogP contribution in [0.15, 0.2) is 0 Å². The summed E-state index contributed by atoms with van der Waals surface area (Å²) in [5.74, 6) is -0.202. The molecule has 14 heteroatoms. The van der Waals surface area contributed by atoms with Crippen molar-refractivity contribution in [3.8, 4) is 0 Å². The number of rotatable bonds is 44. The standard InChI is InChI=1S/C53H103NO13/c1-3-5-7-9-11-13-15-17-19-20-21-22-23-25-27-29-31-33-35-37-45(58)54-41(42(57)36-34-32-30-28-26-24-18-16-14-12-10-8-6-4-2)40-64-52-50(63)48(61)51(44(39-56)66-52)67-53-49(62)47(60)46(59)43(38-55)65-53/h41-44,46-53,55-57,59-63H,3-40H2,1-2H3,(H,54,58)/t41-,42+,43+,44+,46-,47?,48?,49?,50?,51+,52+,53-/m0/s1. The first-order valence-electron chi connectivity index (χ1n) is 27.8. The van der Waals surface area contributed by atoms with E-state index in [-0.39, 0.29) is 12.5 Å². The van der Waals surface area contributed by atoms with E-state index in [1.807, 2.05) is 0 Å². The Kier molecular flexibility index (Phi) is 37.6. The van der Waals surface area contributed by atoms with Crippen molar-refractivity contribution in [3.05, 3.63) is 0 Å². The molecule has 2 heterocycles. The van der Waals surface area contributed by atoms with E-state index < -0.39 is 86.8 Å². The van der Waals surface area contributed by atoms with Gasteiger partial charge in [0.25, 0.3) is 0 Å². The lowest BCUT2D eigenvalue weighted by Crippen LogP contribution is -2.65. The van der Waals surface area contributed by atoms with Crippen LogP contribution in [-0.2, 0) is 23.7 Å². The summed E-state index contributed by atoms with van der Waals surface area (Å²) in [7, 11) is 0. The summed E-state index contributed by atoms with van der Waals surface area (Å²) in [4.78, 5) is 13.2. The molecule has 14 nitrogen and oxygen atoms in total. The molecule has 4 unspecified atom stereocenters. The lowest BCUT2D eigenvalue weighted by Gasteiger charge is -2.46. The van der Waals surface area contributed by atoms with Crippen molar-refractivity contribution >= 4 is 5.91 Å². The second-order valence-electron chi connectivity index (χ2n) is 20.1. The molecule has 0 aromatic heterocycles. The number of nitrogens with one attached hydrogen (secondary N) is 1. The van der Waals surface area contributed by atoms with Gasteiger partial charge in [-0.25, -0.2) is 0 Å². The predicted octanol–water partition coefficient (Wildman–Crippen LogP) is 8.17. The molecule has 2 aliphatic heterocycles. The first-order valence-corrected chi connectivity index (χ1v) is 27.8. The highest BCUT2D eigenvalue weighted by Gasteiger charge is 2.51. The number of unbranched alkanes of at least 4 members (excludes halogenated alkanes) is 31. The summed E-state index contributed by atoms with van der Waals surface area (Å²) in [6.07, 6.45) is 25.3. The van der Waals surface area contributed by atoms with Crippen LogP contribution in [0.2, 0.25) is 0 Å². The van der Waals surface area contributed by atoms with Gasteiger partial charge in [0.15, 0.2) is 12.6 Å². The number of carbonyl (C=O) groups excluding carboxylic acids is 1. The fraction of sp³-hybridized carbons (Fsp3) is 0.981. The van der Waals surface area contributed by atoms with Gasteiger partial charge in [-0.05, 0) is 12.8 Å². The smallest absolute Gasteiger partial charge is 0.220 e. The van der Waals surface area contributed by atoms with Crippen molar-refractivity contribution < 1.29 is 64.6 Å². The SMILES string of the molecule is CCCCCCCCCCCCCCCCCCCCCC(=O)N[C@@H](CO[C@@H]1O[C@H](CO)[C@@H](O[C@@H]2O[C@H](CO)[C@H](O)C(O)C2O)C(O)C1O)[C@H](O)CCCCCCCCCCCCCCCC. The maximum absolute atomic E-state index is 13.2. The molecule has 0 aliphatic carbocycles. The third kappa shape index (κ3) is 27.4. The molecule has 12 atom stereocenters. The summed E-state index contributed by atoms with van der Waals surface area (Å²) in [6.45, 7) is 2.88. The number of hydrogen-bond acceptors (Lipinski definition) is 13. The van der Waals surface area contributed by atoms with Crippen molar-refractivity contribution in [2.24, 2.45) is 0 Å². The number of amides is 1. The zero-order valence-corrected chi connectivity index (χ0v) is 42.4. The van der Waals surface area contributed by atoms with Crippen LogP contribution < -0.4 is 5.32 Å². The molecule has 2 rings (SSSR count). The Morgan fingerprint density at radius 2 is 0.851 bits per heavy atom. The summed E-state index contributed by atoms with van der Waals surface area (Å²) in [5, 5.41) is 87.0. The third-order valence-electron chi connectivity index (χ3n) is 14.1. The predicted molar refractivity (Wildman–Crippen MR) is 263 cm³/mol. The van der Waals surface area contributed by atoms with E-state index in [4.69, 9.17) is 18.9 Å². The van der Waals surface area contributed by atoms with E-state index in [1.54, 1.807) is 0 Å². The quantitative estimate of drug-likeness (QED) is 0.0263. The minimum absolute atomic E-state index is 0.202. The molecule has 0 bridgehead atoms. The van der Waals surface area contributed by atoms with E-state index in [2.05, 4.69) is 19.2 Å². The van der Waals surface area contributed by atoms with E-state index in [1.165, 1.54) is 161 Å². The van der Waals surface area contributed by atoms with E-state index >= 15 is 0 Å². The van der Waals surface area contributed by atoms with Crippen molar-refractivity contribution in [2.45, 2.75) is 312 Å². The lowest BCUT2D eigenvalue weighted by atomic mass is 9.97. The molecule has 0 saturated carbocycles. The Hall–Kier alpha value is -1.01. The maximum Gasteiger partial charge on any atom is 0.220 e. The van der Waals surface area contributed by atoms with E-state index in [0.29, 0.717) is 12.8 Å². The average Bonchev–Trinajstić information content (AvgIpc) is 3.32. The topological polar surface area (TPSA) is 228 Å². The minimum atomic E-state index is -1.78. The number of carbonyl (C=O) groups is 1. The second kappa shape index (κ2) is 40.6. The molecule has 9 N–H and O–H groups in total. The normalized spacial score (nSPS) is 26.5. The molecule has 0 spiro atoms. The van der Waals surface area contributed by atoms with Crippen molar-refractivity contribution in [1.82, 2.24) is 5.32 Å². The Morgan fingerprint density at radius 1 is 0.478 bits per heavy atom. The Balaban J connectivity index is 1.78. The maximum atomic E-state index is 13.2. The van der Waals surface area contributed by atoms with E-state index in [9.17, 15) is 45.6 Å². The van der Waals surface area contributed by atoms with Gasteiger partial charge in [0.2, 0.25) is 5.91 Å². The van der Waals surface area contributed by atoms with Crippen LogP contribution in [0.3, 0.4) is 0 Å². The second-order valence-corrected chi connectivity index (χ2v) is 20.1. The molecule has 2 fully saturated rings. The summed E-state index contributed by atoms with van der Waals surface area (Å²) < 4.78 is 22.8. The lowest BCUT2D eigenvalue weighted by molar-refractivity contribution is -0.359. The molecular formula is C53H103NO13. The van der Waals surface area contributed by atoms with Crippen molar-refractivity contribution in [1.29, 1.82) is 0 Å². The molecule has 0 radical (unpaired) electrons. The van der Waals surface area contributed by atoms with Gasteiger partial charge in [-0.2, -0.15) is 0 Å². The van der Waals surface area contributed by atoms with Gasteiger partial charge in [0.1, 0.15) is 48.8 Å². The van der Waals surface area contributed by atoms with Gasteiger partial charge in [-0.1, -0.05) is 219 Å². The summed E-state index contributed by atoms with van der Waals surface area (Å²) >= 11 is 0. The van der Waals surface area contributed by atoms with Gasteiger partial charge >= 0.3 is 0 Å². The first kappa shape index (κ1) is 62.1. The molecule has 1 amide bonds. The van der Waals surface area contributed by atoms with Gasteiger partial charge in [0.05, 0.1) is 32.0 Å². The molecular weight excluding hydrogens is 859 g/mol. The molecule has 67 heavy (non-hydrogen) atoms. The molecule has 2 aliphatic rings. The van der Waals surface area contributed by atoms with Crippen molar-refractivity contribution in [3.63, 3.8) is 0 Å². The van der Waals surface area contributed by atoms with Crippen LogP contribution in [0.5, 0.6) is 0 Å². The zero-order valence-electron chi connectivity index (χ0n) is 42.4. The highest BCUT2D eigenvalue weighted by Crippen LogP contribution is 2.30. The number of aliphatic hydroxyl groups excluding tert-OH is 8. The largest absolute Gasteiger partial charge is 0.394 e. The fourth-order valence-corrected chi connectivity index (χ4v) is 9.53. The molecule has 398 valence electrons. The Bertz CT molecular complexity index is 1140. The Labute approximate surface area is 406 Å². The van der Waals surface area contributed by atoms with Gasteiger partial charge in [-0.15, -0.1) is 0 Å².